The Hall–Kier alpha value is -2.88. The van der Waals surface area contributed by atoms with Crippen molar-refractivity contribution in [3.63, 3.8) is 0 Å². The predicted molar refractivity (Wildman–Crippen MR) is 118 cm³/mol. The minimum Gasteiger partial charge on any atom is -0.444 e. The highest BCUT2D eigenvalue weighted by atomic mass is 32.1. The lowest BCUT2D eigenvalue weighted by Gasteiger charge is -2.29. The van der Waals surface area contributed by atoms with Crippen molar-refractivity contribution in [2.24, 2.45) is 0 Å². The van der Waals surface area contributed by atoms with Crippen molar-refractivity contribution in [2.45, 2.75) is 52.6 Å². The van der Waals surface area contributed by atoms with E-state index in [1.54, 1.807) is 11.8 Å². The number of likely N-dealkylation sites (tertiary alicyclic amines) is 1. The van der Waals surface area contributed by atoms with E-state index in [-0.39, 0.29) is 23.2 Å². The van der Waals surface area contributed by atoms with Crippen molar-refractivity contribution in [1.82, 2.24) is 14.3 Å². The van der Waals surface area contributed by atoms with Gasteiger partial charge in [0.2, 0.25) is 5.56 Å². The van der Waals surface area contributed by atoms with Gasteiger partial charge in [0.1, 0.15) is 10.6 Å². The van der Waals surface area contributed by atoms with Crippen molar-refractivity contribution in [2.75, 3.05) is 24.1 Å². The molecule has 2 aromatic rings. The summed E-state index contributed by atoms with van der Waals surface area (Å²) in [6, 6.07) is 2.85. The summed E-state index contributed by atoms with van der Waals surface area (Å²) < 4.78 is 9.26. The number of rotatable bonds is 2. The normalized spacial score (nSPS) is 13.8. The van der Waals surface area contributed by atoms with Gasteiger partial charge in [0.15, 0.2) is 0 Å². The minimum atomic E-state index is -0.367. The lowest BCUT2D eigenvalue weighted by molar-refractivity contribution is 0.0216. The van der Waals surface area contributed by atoms with E-state index >= 15 is 0 Å². The van der Waals surface area contributed by atoms with E-state index in [9.17, 15) is 14.4 Å². The highest BCUT2D eigenvalue weighted by molar-refractivity contribution is 7.10. The minimum absolute atomic E-state index is 0.160. The standard InChI is InChI=1S/C10H10N4O2S.C10H19NO2/c1-5-8(9(11)17-14-5)10(16)13-6-2-3-7(15)12-4-6;1-10(2,3)13-9(12)11-7-5-4-6-8-11/h2-4H,11H2,1H3,(H,12,15)(H,13,16);4-8H2,1-3H3. The first-order valence-electron chi connectivity index (χ1n) is 9.76. The third kappa shape index (κ3) is 7.18. The molecule has 0 bridgehead atoms. The molecule has 0 aromatic carbocycles. The molecule has 1 aliphatic rings. The quantitative estimate of drug-likeness (QED) is 0.663. The van der Waals surface area contributed by atoms with Crippen LogP contribution in [0, 0.1) is 6.92 Å². The lowest BCUT2D eigenvalue weighted by Crippen LogP contribution is -2.39. The number of nitrogens with two attached hydrogens (primary N) is 1. The second-order valence-corrected chi connectivity index (χ2v) is 8.74. The molecule has 0 atom stereocenters. The van der Waals surface area contributed by atoms with Crippen LogP contribution in [0.1, 0.15) is 56.1 Å². The number of nitrogen functional groups attached to an aromatic ring is 1. The molecule has 0 saturated carbocycles. The lowest BCUT2D eigenvalue weighted by atomic mass is 10.1. The number of aromatic nitrogens is 2. The number of carbonyl (C=O) groups excluding carboxylic acids is 2. The Morgan fingerprint density at radius 2 is 1.90 bits per heavy atom. The first kappa shape index (κ1) is 23.4. The Balaban J connectivity index is 0.000000222. The van der Waals surface area contributed by atoms with Crippen LogP contribution >= 0.6 is 11.5 Å². The highest BCUT2D eigenvalue weighted by Gasteiger charge is 2.23. The zero-order valence-electron chi connectivity index (χ0n) is 17.8. The fraction of sp³-hybridized carbons (Fsp3) is 0.500. The van der Waals surface area contributed by atoms with E-state index < -0.39 is 0 Å². The Bertz CT molecular complexity index is 886. The van der Waals surface area contributed by atoms with Crippen LogP contribution in [0.15, 0.2) is 23.1 Å². The predicted octanol–water partition coefficient (Wildman–Crippen LogP) is 3.38. The summed E-state index contributed by atoms with van der Waals surface area (Å²) in [5, 5.41) is 3.01. The smallest absolute Gasteiger partial charge is 0.410 e. The molecule has 0 aliphatic carbocycles. The maximum Gasteiger partial charge on any atom is 0.410 e. The number of piperidine rings is 1. The molecule has 0 radical (unpaired) electrons. The fourth-order valence-electron chi connectivity index (χ4n) is 2.75. The summed E-state index contributed by atoms with van der Waals surface area (Å²) in [6.45, 7) is 9.12. The summed E-state index contributed by atoms with van der Waals surface area (Å²) in [6.07, 6.45) is 4.72. The number of ether oxygens (including phenoxy) is 1. The number of aryl methyl sites for hydroxylation is 1. The van der Waals surface area contributed by atoms with Crippen LogP contribution in [-0.2, 0) is 4.74 Å². The second-order valence-electron chi connectivity index (χ2n) is 7.93. The zero-order chi connectivity index (χ0) is 22.3. The van der Waals surface area contributed by atoms with E-state index in [1.165, 1.54) is 24.8 Å². The summed E-state index contributed by atoms with van der Waals surface area (Å²) in [5.41, 5.74) is 6.53. The maximum absolute atomic E-state index is 11.9. The van der Waals surface area contributed by atoms with Gasteiger partial charge in [0, 0.05) is 25.4 Å². The Morgan fingerprint density at radius 1 is 1.23 bits per heavy atom. The van der Waals surface area contributed by atoms with Crippen molar-refractivity contribution < 1.29 is 14.3 Å². The molecule has 3 heterocycles. The first-order valence-corrected chi connectivity index (χ1v) is 10.5. The van der Waals surface area contributed by atoms with Gasteiger partial charge in [-0.3, -0.25) is 9.59 Å². The van der Waals surface area contributed by atoms with Gasteiger partial charge in [-0.1, -0.05) is 0 Å². The monoisotopic (exact) mass is 435 g/mol. The molecular weight excluding hydrogens is 406 g/mol. The molecule has 1 saturated heterocycles. The molecule has 9 nitrogen and oxygen atoms in total. The molecular formula is C20H29N5O4S. The van der Waals surface area contributed by atoms with Crippen LogP contribution in [0.2, 0.25) is 0 Å². The number of hydrogen-bond acceptors (Lipinski definition) is 7. The molecule has 2 aromatic heterocycles. The number of hydrogen-bond donors (Lipinski definition) is 3. The molecule has 1 fully saturated rings. The van der Waals surface area contributed by atoms with Gasteiger partial charge in [-0.05, 0) is 64.6 Å². The fourth-order valence-corrected chi connectivity index (χ4v) is 3.41. The molecule has 0 unspecified atom stereocenters. The SMILES string of the molecule is CC(C)(C)OC(=O)N1CCCCC1.Cc1nsc(N)c1C(=O)Nc1ccc(=O)[nH]c1. The molecule has 30 heavy (non-hydrogen) atoms. The molecule has 164 valence electrons. The molecule has 0 spiro atoms. The van der Waals surface area contributed by atoms with E-state index in [4.69, 9.17) is 10.5 Å². The van der Waals surface area contributed by atoms with Gasteiger partial charge in [-0.25, -0.2) is 4.79 Å². The van der Waals surface area contributed by atoms with E-state index in [1.807, 2.05) is 20.8 Å². The number of amides is 2. The molecule has 10 heteroatoms. The van der Waals surface area contributed by atoms with Crippen molar-refractivity contribution >= 4 is 34.2 Å². The van der Waals surface area contributed by atoms with E-state index in [0.717, 1.165) is 37.5 Å². The van der Waals surface area contributed by atoms with Gasteiger partial charge in [-0.15, -0.1) is 0 Å². The molecule has 3 rings (SSSR count). The van der Waals surface area contributed by atoms with Crippen LogP contribution < -0.4 is 16.6 Å². The molecule has 4 N–H and O–H groups in total. The topological polar surface area (TPSA) is 130 Å². The average Bonchev–Trinajstić information content (AvgIpc) is 3.02. The maximum atomic E-state index is 11.9. The van der Waals surface area contributed by atoms with Crippen molar-refractivity contribution in [1.29, 1.82) is 0 Å². The number of pyridine rings is 1. The Morgan fingerprint density at radius 3 is 2.40 bits per heavy atom. The average molecular weight is 436 g/mol. The number of aromatic amines is 1. The number of anilines is 2. The summed E-state index contributed by atoms with van der Waals surface area (Å²) >= 11 is 1.08. The van der Waals surface area contributed by atoms with E-state index in [0.29, 0.717) is 21.9 Å². The third-order valence-electron chi connectivity index (χ3n) is 4.17. The van der Waals surface area contributed by atoms with Gasteiger partial charge < -0.3 is 25.7 Å². The number of carbonyl (C=O) groups is 2. The van der Waals surface area contributed by atoms with Gasteiger partial charge in [0.05, 0.1) is 16.9 Å². The molecule has 1 aliphatic heterocycles. The van der Waals surface area contributed by atoms with Crippen molar-refractivity contribution in [3.8, 4) is 0 Å². The Kier molecular flexibility index (Phi) is 7.99. The Labute approximate surface area is 179 Å². The number of H-pyrrole nitrogens is 1. The van der Waals surface area contributed by atoms with Crippen LogP contribution in [0.4, 0.5) is 15.5 Å². The highest BCUT2D eigenvalue weighted by Crippen LogP contribution is 2.21. The van der Waals surface area contributed by atoms with Gasteiger partial charge >= 0.3 is 6.09 Å². The van der Waals surface area contributed by atoms with Gasteiger partial charge in [-0.2, -0.15) is 4.37 Å². The number of nitrogens with zero attached hydrogens (tertiary/aromatic N) is 2. The number of nitrogens with one attached hydrogen (secondary N) is 2. The summed E-state index contributed by atoms with van der Waals surface area (Å²) in [7, 11) is 0. The summed E-state index contributed by atoms with van der Waals surface area (Å²) in [4.78, 5) is 38.5. The molecule has 2 amide bonds. The largest absolute Gasteiger partial charge is 0.444 e. The van der Waals surface area contributed by atoms with Crippen LogP contribution in [0.25, 0.3) is 0 Å². The van der Waals surface area contributed by atoms with Crippen LogP contribution in [-0.4, -0.2) is 44.9 Å². The van der Waals surface area contributed by atoms with E-state index in [2.05, 4.69) is 14.7 Å². The van der Waals surface area contributed by atoms with Crippen LogP contribution in [0.3, 0.4) is 0 Å². The summed E-state index contributed by atoms with van der Waals surface area (Å²) in [5.74, 6) is -0.333. The van der Waals surface area contributed by atoms with Crippen molar-refractivity contribution in [3.05, 3.63) is 39.9 Å². The zero-order valence-corrected chi connectivity index (χ0v) is 18.6. The van der Waals surface area contributed by atoms with Gasteiger partial charge in [0.25, 0.3) is 5.91 Å². The second kappa shape index (κ2) is 10.2. The third-order valence-corrected chi connectivity index (χ3v) is 4.93. The van der Waals surface area contributed by atoms with Crippen LogP contribution in [0.5, 0.6) is 0 Å². The first-order chi connectivity index (χ1) is 14.1.